The molecule has 0 bridgehead atoms. The van der Waals surface area contributed by atoms with E-state index in [-0.39, 0.29) is 12.4 Å². The lowest BCUT2D eigenvalue weighted by Crippen LogP contribution is -2.48. The zero-order valence-electron chi connectivity index (χ0n) is 14.3. The molecule has 0 amide bonds. The molecule has 26 heavy (non-hydrogen) atoms. The summed E-state index contributed by atoms with van der Waals surface area (Å²) in [4.78, 5) is 2.56. The normalized spacial score (nSPS) is 16.5. The second-order valence-electron chi connectivity index (χ2n) is 5.97. The van der Waals surface area contributed by atoms with Gasteiger partial charge in [0.15, 0.2) is 0 Å². The molecule has 1 aliphatic heterocycles. The maximum Gasteiger partial charge on any atom is 0.243 e. The van der Waals surface area contributed by atoms with E-state index in [0.717, 1.165) is 19.6 Å². The van der Waals surface area contributed by atoms with Crippen molar-refractivity contribution in [2.75, 3.05) is 32.7 Å². The van der Waals surface area contributed by atoms with Crippen molar-refractivity contribution in [3.05, 3.63) is 71.3 Å². The fourth-order valence-electron chi connectivity index (χ4n) is 2.81. The Kier molecular flexibility index (Phi) is 7.68. The van der Waals surface area contributed by atoms with Crippen LogP contribution in [0.5, 0.6) is 0 Å². The van der Waals surface area contributed by atoms with Gasteiger partial charge in [-0.2, -0.15) is 4.31 Å². The number of hydrogen-bond donors (Lipinski definition) is 0. The molecule has 1 fully saturated rings. The highest BCUT2D eigenvalue weighted by Gasteiger charge is 2.27. The van der Waals surface area contributed by atoms with Gasteiger partial charge in [0.25, 0.3) is 0 Å². The molecular weight excluding hydrogens is 391 g/mol. The number of benzene rings is 2. The van der Waals surface area contributed by atoms with Gasteiger partial charge in [-0.05, 0) is 29.8 Å². The highest BCUT2D eigenvalue weighted by atomic mass is 35.5. The third kappa shape index (κ3) is 5.32. The Hall–Kier alpha value is -1.37. The smallest absolute Gasteiger partial charge is 0.243 e. The molecule has 1 heterocycles. The van der Waals surface area contributed by atoms with Gasteiger partial charge in [0, 0.05) is 37.7 Å². The predicted octanol–water partition coefficient (Wildman–Crippen LogP) is 3.78. The molecule has 1 saturated heterocycles. The van der Waals surface area contributed by atoms with Crippen LogP contribution >= 0.6 is 24.0 Å². The van der Waals surface area contributed by atoms with Gasteiger partial charge in [-0.15, -0.1) is 12.4 Å². The molecule has 0 unspecified atom stereocenters. The van der Waals surface area contributed by atoms with Crippen LogP contribution < -0.4 is 0 Å². The zero-order valence-corrected chi connectivity index (χ0v) is 16.7. The number of piperazine rings is 1. The van der Waals surface area contributed by atoms with E-state index < -0.39 is 10.0 Å². The Bertz CT molecular complexity index is 816. The number of rotatable bonds is 5. The summed E-state index contributed by atoms with van der Waals surface area (Å²) in [6.07, 6.45) is 4.22. The lowest BCUT2D eigenvalue weighted by atomic mass is 10.2. The number of sulfonamides is 1. The summed E-state index contributed by atoms with van der Waals surface area (Å²) in [5.74, 6) is 0. The van der Waals surface area contributed by atoms with Crippen molar-refractivity contribution in [3.8, 4) is 0 Å². The van der Waals surface area contributed by atoms with Crippen LogP contribution in [-0.4, -0.2) is 50.3 Å². The van der Waals surface area contributed by atoms with E-state index in [0.29, 0.717) is 23.0 Å². The van der Waals surface area contributed by atoms with Crippen LogP contribution in [0.4, 0.5) is 0 Å². The third-order valence-corrected chi connectivity index (χ3v) is 6.42. The van der Waals surface area contributed by atoms with Crippen LogP contribution in [0.15, 0.2) is 65.6 Å². The van der Waals surface area contributed by atoms with Crippen LogP contribution in [-0.2, 0) is 10.0 Å². The minimum atomic E-state index is -3.44. The van der Waals surface area contributed by atoms with Crippen LogP contribution in [0.25, 0.3) is 6.08 Å². The van der Waals surface area contributed by atoms with Gasteiger partial charge in [0.05, 0.1) is 4.90 Å². The summed E-state index contributed by atoms with van der Waals surface area (Å²) in [7, 11) is -3.44. The maximum absolute atomic E-state index is 12.7. The topological polar surface area (TPSA) is 40.6 Å². The molecule has 2 aromatic rings. The summed E-state index contributed by atoms with van der Waals surface area (Å²) in [6, 6.07) is 16.5. The average Bonchev–Trinajstić information content (AvgIpc) is 2.63. The lowest BCUT2D eigenvalue weighted by Gasteiger charge is -2.33. The second-order valence-corrected chi connectivity index (χ2v) is 8.35. The molecule has 0 saturated carbocycles. The monoisotopic (exact) mass is 412 g/mol. The van der Waals surface area contributed by atoms with Gasteiger partial charge in [-0.25, -0.2) is 8.42 Å². The van der Waals surface area contributed by atoms with Crippen LogP contribution in [0.2, 0.25) is 5.02 Å². The van der Waals surface area contributed by atoms with Gasteiger partial charge in [0.1, 0.15) is 0 Å². The van der Waals surface area contributed by atoms with Crippen molar-refractivity contribution < 1.29 is 8.42 Å². The van der Waals surface area contributed by atoms with Crippen LogP contribution in [0.1, 0.15) is 5.56 Å². The Labute approximate surface area is 166 Å². The quantitative estimate of drug-likeness (QED) is 0.749. The molecular formula is C19H22Cl2N2O2S. The van der Waals surface area contributed by atoms with E-state index >= 15 is 0 Å². The van der Waals surface area contributed by atoms with Crippen LogP contribution in [0.3, 0.4) is 0 Å². The molecule has 4 nitrogen and oxygen atoms in total. The molecule has 1 aliphatic rings. The molecule has 140 valence electrons. The predicted molar refractivity (Wildman–Crippen MR) is 109 cm³/mol. The van der Waals surface area contributed by atoms with Gasteiger partial charge in [-0.3, -0.25) is 4.90 Å². The van der Waals surface area contributed by atoms with Crippen molar-refractivity contribution in [2.24, 2.45) is 0 Å². The van der Waals surface area contributed by atoms with E-state index in [1.54, 1.807) is 28.6 Å². The summed E-state index contributed by atoms with van der Waals surface area (Å²) >= 11 is 5.84. The zero-order chi connectivity index (χ0) is 17.7. The minimum absolute atomic E-state index is 0. The van der Waals surface area contributed by atoms with Gasteiger partial charge >= 0.3 is 0 Å². The summed E-state index contributed by atoms with van der Waals surface area (Å²) in [5.41, 5.74) is 1.17. The standard InChI is InChI=1S/C19H21ClN2O2S.ClH/c20-18-8-10-19(11-9-18)25(23,24)22-15-13-21(14-16-22)12-4-7-17-5-2-1-3-6-17;/h1-11H,12-16H2;1H. The minimum Gasteiger partial charge on any atom is -0.297 e. The van der Waals surface area contributed by atoms with E-state index in [2.05, 4.69) is 29.2 Å². The summed E-state index contributed by atoms with van der Waals surface area (Å²) < 4.78 is 26.9. The van der Waals surface area contributed by atoms with E-state index in [9.17, 15) is 8.42 Å². The molecule has 3 rings (SSSR count). The van der Waals surface area contributed by atoms with Crippen molar-refractivity contribution in [2.45, 2.75) is 4.90 Å². The number of nitrogens with zero attached hydrogens (tertiary/aromatic N) is 2. The first-order valence-corrected chi connectivity index (χ1v) is 10.1. The number of hydrogen-bond acceptors (Lipinski definition) is 3. The van der Waals surface area contributed by atoms with Gasteiger partial charge < -0.3 is 0 Å². The van der Waals surface area contributed by atoms with Crippen LogP contribution in [0, 0.1) is 0 Å². The largest absolute Gasteiger partial charge is 0.297 e. The average molecular weight is 413 g/mol. The Morgan fingerprint density at radius 2 is 1.54 bits per heavy atom. The Morgan fingerprint density at radius 3 is 2.15 bits per heavy atom. The van der Waals surface area contributed by atoms with Crippen molar-refractivity contribution in [1.82, 2.24) is 9.21 Å². The first-order chi connectivity index (χ1) is 12.1. The van der Waals surface area contributed by atoms with E-state index in [4.69, 9.17) is 11.6 Å². The molecule has 0 aromatic heterocycles. The highest BCUT2D eigenvalue weighted by Crippen LogP contribution is 2.19. The molecule has 2 aromatic carbocycles. The molecule has 0 N–H and O–H groups in total. The first-order valence-electron chi connectivity index (χ1n) is 8.25. The van der Waals surface area contributed by atoms with Crippen molar-refractivity contribution in [1.29, 1.82) is 0 Å². The highest BCUT2D eigenvalue weighted by molar-refractivity contribution is 7.89. The number of halogens is 2. The third-order valence-electron chi connectivity index (χ3n) is 4.26. The van der Waals surface area contributed by atoms with Crippen molar-refractivity contribution >= 4 is 40.1 Å². The molecule has 0 radical (unpaired) electrons. The Morgan fingerprint density at radius 1 is 0.923 bits per heavy atom. The molecule has 0 spiro atoms. The molecule has 0 aliphatic carbocycles. The first kappa shape index (κ1) is 20.9. The van der Waals surface area contributed by atoms with Crippen molar-refractivity contribution in [3.63, 3.8) is 0 Å². The SMILES string of the molecule is Cl.O=S(=O)(c1ccc(Cl)cc1)N1CCN(CC=Cc2ccccc2)CC1. The van der Waals surface area contributed by atoms with E-state index in [1.807, 2.05) is 18.2 Å². The fourth-order valence-corrected chi connectivity index (χ4v) is 4.36. The Balaban J connectivity index is 0.00000243. The lowest BCUT2D eigenvalue weighted by molar-refractivity contribution is 0.204. The second kappa shape index (κ2) is 9.53. The summed E-state index contributed by atoms with van der Waals surface area (Å²) in [6.45, 7) is 3.29. The molecule has 7 heteroatoms. The summed E-state index contributed by atoms with van der Waals surface area (Å²) in [5, 5.41) is 0.536. The molecule has 0 atom stereocenters. The fraction of sp³-hybridized carbons (Fsp3) is 0.263. The maximum atomic E-state index is 12.7. The van der Waals surface area contributed by atoms with Gasteiger partial charge in [-0.1, -0.05) is 54.1 Å². The van der Waals surface area contributed by atoms with E-state index in [1.165, 1.54) is 5.56 Å². The van der Waals surface area contributed by atoms with Gasteiger partial charge in [0.2, 0.25) is 10.0 Å².